The SMILES string of the molecule is CCCCCCCCCCCCCC(=O)N[C@@H](NC(=S)N1CCOCC1)C(Cl)(Cl)Cl. The summed E-state index contributed by atoms with van der Waals surface area (Å²) in [6.45, 7) is 4.79. The van der Waals surface area contributed by atoms with Gasteiger partial charge in [-0.05, 0) is 18.6 Å². The summed E-state index contributed by atoms with van der Waals surface area (Å²) < 4.78 is 3.61. The molecule has 1 aliphatic rings. The number of amides is 1. The molecule has 1 fully saturated rings. The van der Waals surface area contributed by atoms with E-state index in [0.29, 0.717) is 37.8 Å². The van der Waals surface area contributed by atoms with Gasteiger partial charge < -0.3 is 20.3 Å². The largest absolute Gasteiger partial charge is 0.378 e. The molecule has 0 aliphatic carbocycles. The first kappa shape index (κ1) is 28.0. The molecule has 1 atom stereocenters. The lowest BCUT2D eigenvalue weighted by molar-refractivity contribution is -0.122. The highest BCUT2D eigenvalue weighted by Gasteiger charge is 2.35. The van der Waals surface area contributed by atoms with Crippen LogP contribution in [0.1, 0.15) is 84.0 Å². The maximum absolute atomic E-state index is 12.3. The summed E-state index contributed by atoms with van der Waals surface area (Å²) in [5, 5.41) is 6.19. The highest BCUT2D eigenvalue weighted by atomic mass is 35.6. The zero-order valence-corrected chi connectivity index (χ0v) is 21.3. The third-order valence-electron chi connectivity index (χ3n) is 5.21. The van der Waals surface area contributed by atoms with Gasteiger partial charge in [-0.3, -0.25) is 4.79 Å². The highest BCUT2D eigenvalue weighted by Crippen LogP contribution is 2.29. The van der Waals surface area contributed by atoms with Crippen molar-refractivity contribution in [3.8, 4) is 0 Å². The van der Waals surface area contributed by atoms with Crippen molar-refractivity contribution >= 4 is 58.0 Å². The minimum absolute atomic E-state index is 0.139. The third kappa shape index (κ3) is 13.4. The van der Waals surface area contributed by atoms with Gasteiger partial charge in [-0.1, -0.05) is 106 Å². The summed E-state index contributed by atoms with van der Waals surface area (Å²) in [4.78, 5) is 14.3. The molecule has 30 heavy (non-hydrogen) atoms. The van der Waals surface area contributed by atoms with Crippen LogP contribution in [0.2, 0.25) is 0 Å². The molecular weight excluding hydrogens is 465 g/mol. The van der Waals surface area contributed by atoms with Crippen molar-refractivity contribution in [3.05, 3.63) is 0 Å². The van der Waals surface area contributed by atoms with Crippen LogP contribution in [-0.2, 0) is 9.53 Å². The van der Waals surface area contributed by atoms with Crippen LogP contribution in [0, 0.1) is 0 Å². The number of alkyl halides is 3. The Morgan fingerprint density at radius 3 is 1.93 bits per heavy atom. The molecule has 0 saturated carbocycles. The minimum atomic E-state index is -1.71. The predicted octanol–water partition coefficient (Wildman–Crippen LogP) is 5.71. The third-order valence-corrected chi connectivity index (χ3v) is 6.24. The minimum Gasteiger partial charge on any atom is -0.378 e. The van der Waals surface area contributed by atoms with E-state index in [2.05, 4.69) is 17.6 Å². The first-order valence-electron chi connectivity index (χ1n) is 11.3. The molecule has 9 heteroatoms. The molecule has 1 aliphatic heterocycles. The molecule has 0 unspecified atom stereocenters. The molecule has 2 N–H and O–H groups in total. The molecule has 1 saturated heterocycles. The predicted molar refractivity (Wildman–Crippen MR) is 131 cm³/mol. The summed E-state index contributed by atoms with van der Waals surface area (Å²) in [5.74, 6) is -0.139. The number of hydrogen-bond acceptors (Lipinski definition) is 3. The Kier molecular flexibility index (Phi) is 15.5. The Balaban J connectivity index is 2.17. The molecule has 0 aromatic heterocycles. The molecule has 1 amide bonds. The number of morpholine rings is 1. The molecule has 0 spiro atoms. The van der Waals surface area contributed by atoms with E-state index in [1.54, 1.807) is 0 Å². The van der Waals surface area contributed by atoms with E-state index < -0.39 is 9.96 Å². The van der Waals surface area contributed by atoms with Gasteiger partial charge in [0.15, 0.2) is 5.11 Å². The molecule has 1 rings (SSSR count). The standard InChI is InChI=1S/C21H38Cl3N3O2S/c1-2-3-4-5-6-7-8-9-10-11-12-13-18(28)25-19(21(22,23)24)26-20(30)27-14-16-29-17-15-27/h19H,2-17H2,1H3,(H,25,28)(H,26,30)/t19-/m0/s1. The molecule has 0 aromatic rings. The first-order chi connectivity index (χ1) is 14.3. The van der Waals surface area contributed by atoms with E-state index in [1.807, 2.05) is 4.90 Å². The number of unbranched alkanes of at least 4 members (excludes halogenated alkanes) is 10. The Morgan fingerprint density at radius 2 is 1.43 bits per heavy atom. The summed E-state index contributed by atoms with van der Waals surface area (Å²) in [7, 11) is 0. The zero-order valence-electron chi connectivity index (χ0n) is 18.2. The van der Waals surface area contributed by atoms with Crippen molar-refractivity contribution in [1.29, 1.82) is 0 Å². The lowest BCUT2D eigenvalue weighted by atomic mass is 10.1. The van der Waals surface area contributed by atoms with Crippen molar-refractivity contribution in [3.63, 3.8) is 0 Å². The lowest BCUT2D eigenvalue weighted by Crippen LogP contribution is -2.59. The number of nitrogens with one attached hydrogen (secondary N) is 2. The van der Waals surface area contributed by atoms with Gasteiger partial charge in [0.05, 0.1) is 13.2 Å². The number of nitrogens with zero attached hydrogens (tertiary/aromatic N) is 1. The van der Waals surface area contributed by atoms with Crippen LogP contribution in [0.25, 0.3) is 0 Å². The Hall–Kier alpha value is -0.0100. The summed E-state index contributed by atoms with van der Waals surface area (Å²) in [6, 6.07) is 0. The Labute approximate surface area is 202 Å². The fraction of sp³-hybridized carbons (Fsp3) is 0.905. The summed E-state index contributed by atoms with van der Waals surface area (Å²) in [5.41, 5.74) is 0. The fourth-order valence-electron chi connectivity index (χ4n) is 3.36. The molecule has 0 aromatic carbocycles. The number of thiocarbonyl (C=S) groups is 1. The Bertz CT molecular complexity index is 487. The van der Waals surface area contributed by atoms with E-state index in [-0.39, 0.29) is 5.91 Å². The van der Waals surface area contributed by atoms with E-state index in [1.165, 1.54) is 51.4 Å². The topological polar surface area (TPSA) is 53.6 Å². The Morgan fingerprint density at radius 1 is 0.933 bits per heavy atom. The van der Waals surface area contributed by atoms with E-state index in [9.17, 15) is 4.79 Å². The number of ether oxygens (including phenoxy) is 1. The first-order valence-corrected chi connectivity index (χ1v) is 12.9. The quantitative estimate of drug-likeness (QED) is 0.138. The van der Waals surface area contributed by atoms with Gasteiger partial charge in [-0.15, -0.1) is 0 Å². The lowest BCUT2D eigenvalue weighted by Gasteiger charge is -2.34. The number of halogens is 3. The van der Waals surface area contributed by atoms with Gasteiger partial charge in [0.25, 0.3) is 0 Å². The second kappa shape index (κ2) is 16.6. The fourth-order valence-corrected chi connectivity index (χ4v) is 3.99. The van der Waals surface area contributed by atoms with Crippen LogP contribution in [0.5, 0.6) is 0 Å². The number of carbonyl (C=O) groups excluding carboxylic acids is 1. The second-order valence-corrected chi connectivity index (χ2v) is 10.6. The van der Waals surface area contributed by atoms with Gasteiger partial charge in [-0.2, -0.15) is 0 Å². The molecule has 0 radical (unpaired) electrons. The maximum atomic E-state index is 12.3. The van der Waals surface area contributed by atoms with Crippen molar-refractivity contribution in [2.75, 3.05) is 26.3 Å². The number of hydrogen-bond donors (Lipinski definition) is 2. The average Bonchev–Trinajstić information content (AvgIpc) is 2.71. The molecule has 5 nitrogen and oxygen atoms in total. The molecule has 176 valence electrons. The molecule has 1 heterocycles. The van der Waals surface area contributed by atoms with Gasteiger partial charge in [-0.25, -0.2) is 0 Å². The zero-order chi connectivity index (χ0) is 22.2. The van der Waals surface area contributed by atoms with Gasteiger partial charge in [0.1, 0.15) is 6.17 Å². The van der Waals surface area contributed by atoms with E-state index in [0.717, 1.165) is 19.3 Å². The van der Waals surface area contributed by atoms with Crippen LogP contribution >= 0.6 is 47.0 Å². The van der Waals surface area contributed by atoms with Crippen molar-refractivity contribution in [2.45, 2.75) is 93.9 Å². The second-order valence-electron chi connectivity index (χ2n) is 7.88. The summed E-state index contributed by atoms with van der Waals surface area (Å²) >= 11 is 23.5. The van der Waals surface area contributed by atoms with Crippen LogP contribution in [0.15, 0.2) is 0 Å². The highest BCUT2D eigenvalue weighted by molar-refractivity contribution is 7.80. The van der Waals surface area contributed by atoms with Crippen LogP contribution < -0.4 is 10.6 Å². The number of carbonyl (C=O) groups is 1. The van der Waals surface area contributed by atoms with Crippen molar-refractivity contribution < 1.29 is 9.53 Å². The van der Waals surface area contributed by atoms with Crippen molar-refractivity contribution in [2.24, 2.45) is 0 Å². The average molecular weight is 503 g/mol. The summed E-state index contributed by atoms with van der Waals surface area (Å²) in [6.07, 6.45) is 13.2. The van der Waals surface area contributed by atoms with E-state index in [4.69, 9.17) is 51.8 Å². The van der Waals surface area contributed by atoms with Gasteiger partial charge >= 0.3 is 0 Å². The number of rotatable bonds is 14. The molecule has 0 bridgehead atoms. The van der Waals surface area contributed by atoms with Gasteiger partial charge in [0.2, 0.25) is 9.70 Å². The monoisotopic (exact) mass is 501 g/mol. The van der Waals surface area contributed by atoms with Gasteiger partial charge in [0, 0.05) is 19.5 Å². The van der Waals surface area contributed by atoms with Crippen LogP contribution in [0.3, 0.4) is 0 Å². The molecular formula is C21H38Cl3N3O2S. The van der Waals surface area contributed by atoms with E-state index >= 15 is 0 Å². The van der Waals surface area contributed by atoms with Crippen molar-refractivity contribution in [1.82, 2.24) is 15.5 Å². The normalized spacial score (nSPS) is 15.7. The van der Waals surface area contributed by atoms with Crippen LogP contribution in [0.4, 0.5) is 0 Å². The maximum Gasteiger partial charge on any atom is 0.228 e. The van der Waals surface area contributed by atoms with Crippen LogP contribution in [-0.4, -0.2) is 52.2 Å². The smallest absolute Gasteiger partial charge is 0.228 e.